The van der Waals surface area contributed by atoms with Gasteiger partial charge in [-0.2, -0.15) is 0 Å². The van der Waals surface area contributed by atoms with Crippen molar-refractivity contribution in [3.05, 3.63) is 28.2 Å². The average Bonchev–Trinajstić information content (AvgIpc) is 2.13. The number of hydrogen-bond acceptors (Lipinski definition) is 2. The van der Waals surface area contributed by atoms with Gasteiger partial charge in [0.2, 0.25) is 5.91 Å². The van der Waals surface area contributed by atoms with Gasteiger partial charge in [-0.1, -0.05) is 22.0 Å². The van der Waals surface area contributed by atoms with Crippen LogP contribution in [0.2, 0.25) is 0 Å². The molecule has 0 saturated carbocycles. The summed E-state index contributed by atoms with van der Waals surface area (Å²) in [7, 11) is 0. The minimum atomic E-state index is -0.179. The number of nitrogens with one attached hydrogen (secondary N) is 1. The zero-order valence-corrected chi connectivity index (χ0v) is 8.89. The van der Waals surface area contributed by atoms with Crippen LogP contribution >= 0.6 is 15.9 Å². The molecule has 0 bridgehead atoms. The van der Waals surface area contributed by atoms with Crippen LogP contribution in [-0.2, 0) is 4.79 Å². The van der Waals surface area contributed by atoms with Gasteiger partial charge in [-0.05, 0) is 24.6 Å². The van der Waals surface area contributed by atoms with Crippen molar-refractivity contribution in [1.82, 2.24) is 0 Å². The van der Waals surface area contributed by atoms with Gasteiger partial charge in [0.15, 0.2) is 0 Å². The van der Waals surface area contributed by atoms with E-state index in [0.717, 1.165) is 15.7 Å². The van der Waals surface area contributed by atoms with Gasteiger partial charge in [0.05, 0.1) is 6.54 Å². The number of hydrogen-bond donors (Lipinski definition) is 2. The summed E-state index contributed by atoms with van der Waals surface area (Å²) >= 11 is 3.38. The van der Waals surface area contributed by atoms with E-state index in [1.807, 2.05) is 25.1 Å². The van der Waals surface area contributed by atoms with Crippen LogP contribution in [0.15, 0.2) is 22.7 Å². The molecule has 1 rings (SSSR count). The second kappa shape index (κ2) is 4.39. The first-order valence-corrected chi connectivity index (χ1v) is 4.69. The average molecular weight is 243 g/mol. The molecule has 0 aliphatic rings. The molecule has 3 N–H and O–H groups in total. The quantitative estimate of drug-likeness (QED) is 0.829. The number of rotatable bonds is 2. The van der Waals surface area contributed by atoms with Crippen LogP contribution in [0.1, 0.15) is 5.56 Å². The number of amides is 1. The highest BCUT2D eigenvalue weighted by Gasteiger charge is 2.03. The highest BCUT2D eigenvalue weighted by atomic mass is 79.9. The van der Waals surface area contributed by atoms with E-state index in [4.69, 9.17) is 5.73 Å². The highest BCUT2D eigenvalue weighted by molar-refractivity contribution is 9.10. The summed E-state index contributed by atoms with van der Waals surface area (Å²) in [6.45, 7) is 1.93. The molecule has 13 heavy (non-hydrogen) atoms. The lowest BCUT2D eigenvalue weighted by Gasteiger charge is -2.07. The fourth-order valence-electron chi connectivity index (χ4n) is 0.944. The lowest BCUT2D eigenvalue weighted by atomic mass is 10.2. The molecule has 3 nitrogen and oxygen atoms in total. The molecular weight excluding hydrogens is 232 g/mol. The summed E-state index contributed by atoms with van der Waals surface area (Å²) in [5.41, 5.74) is 6.98. The molecule has 0 spiro atoms. The van der Waals surface area contributed by atoms with E-state index in [0.29, 0.717) is 0 Å². The Morgan fingerprint density at radius 1 is 1.62 bits per heavy atom. The van der Waals surface area contributed by atoms with Crippen molar-refractivity contribution >= 4 is 27.5 Å². The van der Waals surface area contributed by atoms with E-state index >= 15 is 0 Å². The normalized spacial score (nSPS) is 9.77. The molecule has 1 aromatic rings. The predicted octanol–water partition coefficient (Wildman–Crippen LogP) is 1.65. The molecule has 0 aromatic heterocycles. The summed E-state index contributed by atoms with van der Waals surface area (Å²) in [6.07, 6.45) is 0. The van der Waals surface area contributed by atoms with Gasteiger partial charge in [0.1, 0.15) is 0 Å². The number of halogens is 1. The minimum absolute atomic E-state index is 0.00591. The molecule has 0 radical (unpaired) electrons. The van der Waals surface area contributed by atoms with E-state index < -0.39 is 0 Å². The van der Waals surface area contributed by atoms with Gasteiger partial charge in [0.25, 0.3) is 0 Å². The predicted molar refractivity (Wildman–Crippen MR) is 56.6 cm³/mol. The van der Waals surface area contributed by atoms with Crippen molar-refractivity contribution in [2.75, 3.05) is 11.9 Å². The molecular formula is C9H11BrN2O. The topological polar surface area (TPSA) is 55.1 Å². The third-order valence-electron chi connectivity index (χ3n) is 1.73. The van der Waals surface area contributed by atoms with Crippen molar-refractivity contribution < 1.29 is 4.79 Å². The van der Waals surface area contributed by atoms with Crippen molar-refractivity contribution in [3.63, 3.8) is 0 Å². The van der Waals surface area contributed by atoms with E-state index in [1.54, 1.807) is 0 Å². The number of carbonyl (C=O) groups is 1. The summed E-state index contributed by atoms with van der Waals surface area (Å²) in [6, 6.07) is 5.63. The van der Waals surface area contributed by atoms with E-state index in [-0.39, 0.29) is 12.5 Å². The van der Waals surface area contributed by atoms with Gasteiger partial charge in [-0.3, -0.25) is 4.79 Å². The Hall–Kier alpha value is -0.870. The van der Waals surface area contributed by atoms with Gasteiger partial charge < -0.3 is 11.1 Å². The first kappa shape index (κ1) is 10.2. The number of anilines is 1. The lowest BCUT2D eigenvalue weighted by molar-refractivity contribution is -0.114. The second-order valence-electron chi connectivity index (χ2n) is 2.66. The Kier molecular flexibility index (Phi) is 3.45. The molecule has 1 amide bonds. The molecule has 0 saturated heterocycles. The van der Waals surface area contributed by atoms with Gasteiger partial charge in [-0.15, -0.1) is 0 Å². The Labute approximate surface area is 85.4 Å². The maximum atomic E-state index is 11.0. The Balaban J connectivity index is 2.89. The third kappa shape index (κ3) is 2.54. The minimum Gasteiger partial charge on any atom is -0.325 e. The molecule has 0 aliphatic carbocycles. The molecule has 0 heterocycles. The smallest absolute Gasteiger partial charge is 0.238 e. The van der Waals surface area contributed by atoms with Crippen LogP contribution < -0.4 is 11.1 Å². The lowest BCUT2D eigenvalue weighted by Crippen LogP contribution is -2.22. The molecule has 1 aromatic carbocycles. The maximum Gasteiger partial charge on any atom is 0.238 e. The highest BCUT2D eigenvalue weighted by Crippen LogP contribution is 2.23. The van der Waals surface area contributed by atoms with E-state index in [9.17, 15) is 4.79 Å². The fourth-order valence-corrected chi connectivity index (χ4v) is 1.31. The fraction of sp³-hybridized carbons (Fsp3) is 0.222. The molecule has 0 aliphatic heterocycles. The zero-order chi connectivity index (χ0) is 9.84. The van der Waals surface area contributed by atoms with Crippen molar-refractivity contribution in [2.24, 2.45) is 5.73 Å². The largest absolute Gasteiger partial charge is 0.325 e. The van der Waals surface area contributed by atoms with Crippen LogP contribution in [-0.4, -0.2) is 12.5 Å². The Morgan fingerprint density at radius 2 is 2.31 bits per heavy atom. The molecule has 0 fully saturated rings. The summed E-state index contributed by atoms with van der Waals surface area (Å²) in [5, 5.41) is 2.71. The number of nitrogens with two attached hydrogens (primary N) is 1. The van der Waals surface area contributed by atoms with Crippen molar-refractivity contribution in [1.29, 1.82) is 0 Å². The van der Waals surface area contributed by atoms with Crippen molar-refractivity contribution in [2.45, 2.75) is 6.92 Å². The Bertz CT molecular complexity index is 325. The van der Waals surface area contributed by atoms with Crippen LogP contribution in [0.25, 0.3) is 0 Å². The summed E-state index contributed by atoms with van der Waals surface area (Å²) < 4.78 is 0.974. The van der Waals surface area contributed by atoms with Crippen LogP contribution in [0.3, 0.4) is 0 Å². The van der Waals surface area contributed by atoms with Gasteiger partial charge in [-0.25, -0.2) is 0 Å². The molecule has 70 valence electrons. The monoisotopic (exact) mass is 242 g/mol. The first-order valence-electron chi connectivity index (χ1n) is 3.90. The third-order valence-corrected chi connectivity index (χ3v) is 2.59. The van der Waals surface area contributed by atoms with E-state index in [2.05, 4.69) is 21.2 Å². The molecule has 0 unspecified atom stereocenters. The van der Waals surface area contributed by atoms with Gasteiger partial charge in [0, 0.05) is 10.2 Å². The molecule has 0 atom stereocenters. The maximum absolute atomic E-state index is 11.0. The zero-order valence-electron chi connectivity index (χ0n) is 7.30. The van der Waals surface area contributed by atoms with E-state index in [1.165, 1.54) is 0 Å². The van der Waals surface area contributed by atoms with Gasteiger partial charge >= 0.3 is 0 Å². The van der Waals surface area contributed by atoms with Crippen LogP contribution in [0.5, 0.6) is 0 Å². The first-order chi connectivity index (χ1) is 6.15. The number of carbonyl (C=O) groups excluding carboxylic acids is 1. The Morgan fingerprint density at radius 3 is 2.92 bits per heavy atom. The second-order valence-corrected chi connectivity index (χ2v) is 3.52. The van der Waals surface area contributed by atoms with Crippen LogP contribution in [0, 0.1) is 6.92 Å². The van der Waals surface area contributed by atoms with Crippen LogP contribution in [0.4, 0.5) is 5.69 Å². The number of benzene rings is 1. The summed E-state index contributed by atoms with van der Waals surface area (Å²) in [5.74, 6) is -0.179. The molecule has 4 heteroatoms. The standard InChI is InChI=1S/C9H11BrN2O/c1-6-7(10)3-2-4-8(6)12-9(13)5-11/h2-4H,5,11H2,1H3,(H,12,13). The van der Waals surface area contributed by atoms with Crippen molar-refractivity contribution in [3.8, 4) is 0 Å². The summed E-state index contributed by atoms with van der Waals surface area (Å²) in [4.78, 5) is 11.0. The SMILES string of the molecule is Cc1c(Br)cccc1NC(=O)CN.